The first-order valence-corrected chi connectivity index (χ1v) is 5.08. The molecule has 0 saturated carbocycles. The van der Waals surface area contributed by atoms with E-state index in [-0.39, 0.29) is 17.6 Å². The standard InChI is InChI=1S/C11H24N2/c1-9-10(2)13(11(3,4)5)8-7-12(9)6/h9-10H,7-8H2,1-6H3/t9-,10+/m0/s1/i6D3. The van der Waals surface area contributed by atoms with E-state index in [1.165, 1.54) is 0 Å². The summed E-state index contributed by atoms with van der Waals surface area (Å²) in [4.78, 5) is 4.03. The molecule has 0 spiro atoms. The van der Waals surface area contributed by atoms with Crippen LogP contribution in [0.25, 0.3) is 0 Å². The van der Waals surface area contributed by atoms with Crippen molar-refractivity contribution >= 4 is 0 Å². The molecule has 0 aromatic carbocycles. The highest BCUT2D eigenvalue weighted by Gasteiger charge is 2.34. The largest absolute Gasteiger partial charge is 0.301 e. The van der Waals surface area contributed by atoms with Gasteiger partial charge in [0, 0.05) is 34.8 Å². The average molecular weight is 187 g/mol. The van der Waals surface area contributed by atoms with Gasteiger partial charge in [-0.25, -0.2) is 0 Å². The lowest BCUT2D eigenvalue weighted by Crippen LogP contribution is -2.61. The molecule has 2 atom stereocenters. The highest BCUT2D eigenvalue weighted by atomic mass is 15.3. The van der Waals surface area contributed by atoms with E-state index in [1.807, 2.05) is 6.92 Å². The molecule has 2 heteroatoms. The van der Waals surface area contributed by atoms with Gasteiger partial charge in [0.25, 0.3) is 0 Å². The van der Waals surface area contributed by atoms with E-state index in [0.717, 1.165) is 6.54 Å². The van der Waals surface area contributed by atoms with Crippen molar-refractivity contribution in [1.82, 2.24) is 9.80 Å². The molecule has 1 saturated heterocycles. The van der Waals surface area contributed by atoms with E-state index in [9.17, 15) is 0 Å². The molecular weight excluding hydrogens is 160 g/mol. The predicted octanol–water partition coefficient (Wildman–Crippen LogP) is 1.81. The Bertz CT molecular complexity index is 219. The van der Waals surface area contributed by atoms with E-state index < -0.39 is 6.98 Å². The first kappa shape index (κ1) is 7.24. The quantitative estimate of drug-likeness (QED) is 0.571. The number of nitrogens with zero attached hydrogens (tertiary/aromatic N) is 2. The lowest BCUT2D eigenvalue weighted by Gasteiger charge is -2.49. The SMILES string of the molecule is [2H]C([2H])([2H])N1CCN(C(C)(C)C)[C@H](C)[C@@H]1C. The number of hydrogen-bond donors (Lipinski definition) is 0. The van der Waals surface area contributed by atoms with Gasteiger partial charge in [0.2, 0.25) is 0 Å². The molecule has 0 aromatic heterocycles. The van der Waals surface area contributed by atoms with Crippen LogP contribution < -0.4 is 0 Å². The van der Waals surface area contributed by atoms with Gasteiger partial charge < -0.3 is 4.90 Å². The molecule has 0 aliphatic carbocycles. The molecule has 0 aromatic rings. The van der Waals surface area contributed by atoms with Crippen molar-refractivity contribution in [2.45, 2.75) is 52.2 Å². The Labute approximate surface area is 87.1 Å². The van der Waals surface area contributed by atoms with Crippen LogP contribution in [-0.2, 0) is 0 Å². The Kier molecular flexibility index (Phi) is 2.00. The maximum Gasteiger partial charge on any atom is 0.0394 e. The highest BCUT2D eigenvalue weighted by Crippen LogP contribution is 2.23. The summed E-state index contributed by atoms with van der Waals surface area (Å²) < 4.78 is 22.5. The summed E-state index contributed by atoms with van der Waals surface area (Å²) >= 11 is 0. The van der Waals surface area contributed by atoms with Crippen LogP contribution in [0.5, 0.6) is 0 Å². The Hall–Kier alpha value is -0.0800. The van der Waals surface area contributed by atoms with Crippen molar-refractivity contribution < 1.29 is 4.11 Å². The maximum absolute atomic E-state index is 7.51. The zero-order valence-corrected chi connectivity index (χ0v) is 9.46. The molecule has 0 amide bonds. The van der Waals surface area contributed by atoms with Gasteiger partial charge >= 0.3 is 0 Å². The molecule has 13 heavy (non-hydrogen) atoms. The van der Waals surface area contributed by atoms with Crippen LogP contribution in [0.1, 0.15) is 38.7 Å². The molecule has 1 fully saturated rings. The smallest absolute Gasteiger partial charge is 0.0394 e. The van der Waals surface area contributed by atoms with E-state index in [4.69, 9.17) is 4.11 Å². The first-order chi connectivity index (χ1) is 7.05. The fourth-order valence-corrected chi connectivity index (χ4v) is 2.09. The molecule has 1 aliphatic rings. The average Bonchev–Trinajstić information content (AvgIpc) is 2.05. The van der Waals surface area contributed by atoms with E-state index in [1.54, 1.807) is 4.90 Å². The number of rotatable bonds is 0. The van der Waals surface area contributed by atoms with Crippen LogP contribution in [0.15, 0.2) is 0 Å². The van der Waals surface area contributed by atoms with E-state index in [0.29, 0.717) is 6.54 Å². The minimum atomic E-state index is -1.96. The van der Waals surface area contributed by atoms with E-state index >= 15 is 0 Å². The molecule has 2 nitrogen and oxygen atoms in total. The topological polar surface area (TPSA) is 6.48 Å². The Morgan fingerprint density at radius 3 is 2.23 bits per heavy atom. The van der Waals surface area contributed by atoms with Crippen molar-refractivity contribution in [2.24, 2.45) is 0 Å². The Morgan fingerprint density at radius 1 is 1.15 bits per heavy atom. The Balaban J connectivity index is 2.81. The van der Waals surface area contributed by atoms with Crippen molar-refractivity contribution in [1.29, 1.82) is 0 Å². The third-order valence-electron chi connectivity index (χ3n) is 3.12. The van der Waals surface area contributed by atoms with Crippen LogP contribution >= 0.6 is 0 Å². The normalized spacial score (nSPS) is 38.1. The third kappa shape index (κ3) is 2.23. The number of hydrogen-bond acceptors (Lipinski definition) is 2. The van der Waals surface area contributed by atoms with Gasteiger partial charge in [0.15, 0.2) is 0 Å². The van der Waals surface area contributed by atoms with Crippen molar-refractivity contribution in [3.63, 3.8) is 0 Å². The van der Waals surface area contributed by atoms with Crippen LogP contribution in [0.4, 0.5) is 0 Å². The summed E-state index contributed by atoms with van der Waals surface area (Å²) in [5.74, 6) is 0. The molecule has 1 aliphatic heterocycles. The van der Waals surface area contributed by atoms with Gasteiger partial charge in [-0.15, -0.1) is 0 Å². The monoisotopic (exact) mass is 187 g/mol. The van der Waals surface area contributed by atoms with Gasteiger partial charge in [-0.1, -0.05) is 0 Å². The highest BCUT2D eigenvalue weighted by molar-refractivity contribution is 4.90. The zero-order valence-electron chi connectivity index (χ0n) is 12.5. The summed E-state index contributed by atoms with van der Waals surface area (Å²) in [7, 11) is 0. The maximum atomic E-state index is 7.51. The molecular formula is C11H24N2. The molecule has 0 radical (unpaired) electrons. The summed E-state index contributed by atoms with van der Waals surface area (Å²) in [5.41, 5.74) is 0.106. The molecule has 0 unspecified atom stereocenters. The second kappa shape index (κ2) is 3.58. The molecule has 1 heterocycles. The van der Waals surface area contributed by atoms with E-state index in [2.05, 4.69) is 32.6 Å². The summed E-state index contributed by atoms with van der Waals surface area (Å²) in [5, 5.41) is 0. The lowest BCUT2D eigenvalue weighted by molar-refractivity contribution is -0.00568. The number of likely N-dealkylation sites (N-methyl/N-ethyl adjacent to an activating group) is 1. The Morgan fingerprint density at radius 2 is 1.77 bits per heavy atom. The fraction of sp³-hybridized carbons (Fsp3) is 1.00. The van der Waals surface area contributed by atoms with Gasteiger partial charge in [0.05, 0.1) is 0 Å². The van der Waals surface area contributed by atoms with Gasteiger partial charge in [-0.05, 0) is 41.6 Å². The van der Waals surface area contributed by atoms with Crippen LogP contribution in [-0.4, -0.2) is 47.5 Å². The summed E-state index contributed by atoms with van der Waals surface area (Å²) in [6, 6.07) is 0.342. The first-order valence-electron chi connectivity index (χ1n) is 6.58. The fourth-order valence-electron chi connectivity index (χ4n) is 2.09. The lowest BCUT2D eigenvalue weighted by atomic mass is 9.97. The van der Waals surface area contributed by atoms with Crippen molar-refractivity contribution in [3.05, 3.63) is 0 Å². The summed E-state index contributed by atoms with van der Waals surface area (Å²) in [6.45, 7) is 10.2. The van der Waals surface area contributed by atoms with Crippen molar-refractivity contribution in [3.8, 4) is 0 Å². The predicted molar refractivity (Wildman–Crippen MR) is 58.0 cm³/mol. The second-order valence-electron chi connectivity index (χ2n) is 5.04. The third-order valence-corrected chi connectivity index (χ3v) is 3.12. The van der Waals surface area contributed by atoms with Crippen LogP contribution in [0.2, 0.25) is 0 Å². The molecule has 0 N–H and O–H groups in total. The zero-order chi connectivity index (χ0) is 12.7. The molecule has 1 rings (SSSR count). The van der Waals surface area contributed by atoms with Gasteiger partial charge in [-0.3, -0.25) is 4.90 Å². The summed E-state index contributed by atoms with van der Waals surface area (Å²) in [6.07, 6.45) is 0. The van der Waals surface area contributed by atoms with Gasteiger partial charge in [0.1, 0.15) is 0 Å². The van der Waals surface area contributed by atoms with Gasteiger partial charge in [-0.2, -0.15) is 0 Å². The second-order valence-corrected chi connectivity index (χ2v) is 5.04. The number of piperazine rings is 1. The van der Waals surface area contributed by atoms with Crippen LogP contribution in [0, 0.1) is 0 Å². The minimum Gasteiger partial charge on any atom is -0.301 e. The van der Waals surface area contributed by atoms with Crippen LogP contribution in [0.3, 0.4) is 0 Å². The molecule has 0 bridgehead atoms. The van der Waals surface area contributed by atoms with Crippen molar-refractivity contribution in [2.75, 3.05) is 20.1 Å². The minimum absolute atomic E-state index is 0.0699. The molecule has 78 valence electrons.